The van der Waals surface area contributed by atoms with Crippen molar-refractivity contribution in [2.75, 3.05) is 6.61 Å². The van der Waals surface area contributed by atoms with Crippen molar-refractivity contribution in [3.63, 3.8) is 0 Å². The topological polar surface area (TPSA) is 82.6 Å². The fourth-order valence-corrected chi connectivity index (χ4v) is 17.1. The van der Waals surface area contributed by atoms with Gasteiger partial charge in [0.15, 0.2) is 0 Å². The number of ether oxygens (including phenoxy) is 1. The Morgan fingerprint density at radius 1 is 0.686 bits per heavy atom. The highest BCUT2D eigenvalue weighted by Gasteiger charge is 2.55. The molecular formula is C42H50N2O5Si2. The lowest BCUT2D eigenvalue weighted by Gasteiger charge is -2.46. The van der Waals surface area contributed by atoms with Crippen LogP contribution in [0, 0.1) is 6.92 Å². The van der Waals surface area contributed by atoms with Gasteiger partial charge in [-0.3, -0.25) is 14.3 Å². The molecule has 7 nitrogen and oxygen atoms in total. The summed E-state index contributed by atoms with van der Waals surface area (Å²) in [6.45, 7) is 15.5. The van der Waals surface area contributed by atoms with Crippen molar-refractivity contribution in [1.82, 2.24) is 9.55 Å². The Hall–Kier alpha value is -4.13. The molecule has 0 unspecified atom stereocenters. The van der Waals surface area contributed by atoms with Gasteiger partial charge in [-0.1, -0.05) is 163 Å². The van der Waals surface area contributed by atoms with E-state index in [2.05, 4.69) is 144 Å². The van der Waals surface area contributed by atoms with Gasteiger partial charge in [-0.15, -0.1) is 0 Å². The predicted octanol–water partition coefficient (Wildman–Crippen LogP) is 5.65. The molecule has 0 aliphatic carbocycles. The summed E-state index contributed by atoms with van der Waals surface area (Å²) in [6.07, 6.45) is 0.391. The molecule has 0 saturated carbocycles. The summed E-state index contributed by atoms with van der Waals surface area (Å²) in [6, 6.07) is 42.3. The second kappa shape index (κ2) is 14.5. The predicted molar refractivity (Wildman–Crippen MR) is 211 cm³/mol. The zero-order valence-electron chi connectivity index (χ0n) is 30.8. The number of H-pyrrole nitrogens is 1. The third kappa shape index (κ3) is 6.93. The molecule has 0 bridgehead atoms. The van der Waals surface area contributed by atoms with Gasteiger partial charge in [-0.2, -0.15) is 0 Å². The molecule has 0 amide bonds. The summed E-state index contributed by atoms with van der Waals surface area (Å²) >= 11 is 0. The second-order valence-electron chi connectivity index (χ2n) is 15.6. The molecule has 1 N–H and O–H groups in total. The first-order chi connectivity index (χ1) is 24.3. The first-order valence-electron chi connectivity index (χ1n) is 17.8. The van der Waals surface area contributed by atoms with Crippen LogP contribution in [-0.2, 0) is 13.6 Å². The summed E-state index contributed by atoms with van der Waals surface area (Å²) in [5.74, 6) is 0. The van der Waals surface area contributed by atoms with Crippen LogP contribution in [0.1, 0.15) is 59.8 Å². The van der Waals surface area contributed by atoms with E-state index in [9.17, 15) is 9.59 Å². The smallest absolute Gasteiger partial charge is 0.330 e. The Morgan fingerprint density at radius 2 is 1.10 bits per heavy atom. The molecule has 0 radical (unpaired) electrons. The van der Waals surface area contributed by atoms with Gasteiger partial charge in [0.05, 0.1) is 12.7 Å². The van der Waals surface area contributed by atoms with Crippen LogP contribution in [-0.4, -0.2) is 45.0 Å². The molecule has 1 aliphatic heterocycles. The lowest BCUT2D eigenvalue weighted by Crippen LogP contribution is -2.69. The number of nitrogens with one attached hydrogen (secondary N) is 1. The van der Waals surface area contributed by atoms with Crippen LogP contribution in [0.4, 0.5) is 0 Å². The van der Waals surface area contributed by atoms with Crippen LogP contribution in [0.3, 0.4) is 0 Å². The maximum Gasteiger partial charge on any atom is 0.330 e. The Kier molecular flexibility index (Phi) is 10.4. The minimum Gasteiger partial charge on any atom is -0.405 e. The van der Waals surface area contributed by atoms with Gasteiger partial charge >= 0.3 is 5.69 Å². The molecule has 5 aromatic rings. The van der Waals surface area contributed by atoms with E-state index in [0.717, 1.165) is 10.4 Å². The number of hydrogen-bond donors (Lipinski definition) is 1. The summed E-state index contributed by atoms with van der Waals surface area (Å²) in [5, 5.41) is 4.16. The van der Waals surface area contributed by atoms with Crippen molar-refractivity contribution in [2.45, 2.75) is 83.4 Å². The lowest BCUT2D eigenvalue weighted by molar-refractivity contribution is -0.0402. The van der Waals surface area contributed by atoms with Gasteiger partial charge in [0.25, 0.3) is 22.2 Å². The average molecular weight is 719 g/mol. The number of hydrogen-bond acceptors (Lipinski definition) is 5. The molecule has 0 spiro atoms. The highest BCUT2D eigenvalue weighted by molar-refractivity contribution is 7.00. The maximum absolute atomic E-state index is 13.3. The van der Waals surface area contributed by atoms with Crippen molar-refractivity contribution in [2.24, 2.45) is 0 Å². The van der Waals surface area contributed by atoms with E-state index in [1.54, 1.807) is 13.1 Å². The van der Waals surface area contributed by atoms with Crippen LogP contribution >= 0.6 is 0 Å². The van der Waals surface area contributed by atoms with E-state index >= 15 is 0 Å². The Balaban J connectivity index is 1.49. The third-order valence-electron chi connectivity index (χ3n) is 10.3. The minimum atomic E-state index is -3.03. The number of nitrogens with zero attached hydrogens (tertiary/aromatic N) is 1. The largest absolute Gasteiger partial charge is 0.405 e. The number of benzene rings is 4. The van der Waals surface area contributed by atoms with Crippen molar-refractivity contribution >= 4 is 37.4 Å². The molecule has 9 heteroatoms. The molecular weight excluding hydrogens is 669 g/mol. The second-order valence-corrected chi connectivity index (χ2v) is 24.2. The number of aryl methyl sites for hydroxylation is 1. The van der Waals surface area contributed by atoms with Gasteiger partial charge in [0, 0.05) is 18.2 Å². The first kappa shape index (κ1) is 36.7. The number of aromatic nitrogens is 2. The Bertz CT molecular complexity index is 1940. The molecule has 266 valence electrons. The van der Waals surface area contributed by atoms with Gasteiger partial charge in [0.2, 0.25) is 0 Å². The summed E-state index contributed by atoms with van der Waals surface area (Å²) in [4.78, 5) is 28.1. The molecule has 4 aromatic carbocycles. The van der Waals surface area contributed by atoms with Crippen LogP contribution in [0.2, 0.25) is 10.1 Å². The standard InChI is InChI=1S/C42H50N2O5Si2/c1-31-29-44(40(46)43-39(31)45)38-28-36(49-51(42(5,6)7,34-24-16-10-17-25-34)35-26-18-11-19-27-35)37(48-38)30-47-50(41(2,3)4,32-20-12-8-13-21-32)33-22-14-9-15-23-33/h8-27,29,36-38H,28,30H2,1-7H3,(H,43,45,46)/t36-,37+,38+/m0/s1. The van der Waals surface area contributed by atoms with Crippen LogP contribution < -0.4 is 32.0 Å². The molecule has 2 heterocycles. The minimum absolute atomic E-state index is 0.241. The monoisotopic (exact) mass is 718 g/mol. The lowest BCUT2D eigenvalue weighted by atomic mass is 10.2. The van der Waals surface area contributed by atoms with E-state index in [1.807, 2.05) is 24.3 Å². The van der Waals surface area contributed by atoms with Gasteiger partial charge in [0.1, 0.15) is 12.3 Å². The number of rotatable bonds is 10. The average Bonchev–Trinajstić information content (AvgIpc) is 3.51. The van der Waals surface area contributed by atoms with Crippen LogP contribution in [0.15, 0.2) is 137 Å². The van der Waals surface area contributed by atoms with E-state index in [-0.39, 0.29) is 16.7 Å². The molecule has 1 fully saturated rings. The normalized spacial score (nSPS) is 18.5. The molecule has 1 saturated heterocycles. The first-order valence-corrected chi connectivity index (χ1v) is 21.6. The van der Waals surface area contributed by atoms with Gasteiger partial charge in [-0.25, -0.2) is 4.79 Å². The van der Waals surface area contributed by atoms with Crippen LogP contribution in [0.25, 0.3) is 0 Å². The SMILES string of the molecule is Cc1cn([C@H]2C[C@H](O[Si](c3ccccc3)(c3ccccc3)C(C)(C)C)[C@@H](CO[Si](c3ccccc3)(c3ccccc3)C(C)(C)C)O2)c(=O)[nH]c1=O. The summed E-state index contributed by atoms with van der Waals surface area (Å²) in [5.41, 5.74) is -0.469. The van der Waals surface area contributed by atoms with E-state index in [1.165, 1.54) is 14.9 Å². The molecule has 1 aliphatic rings. The quantitative estimate of drug-likeness (QED) is 0.189. The molecule has 6 rings (SSSR count). The molecule has 51 heavy (non-hydrogen) atoms. The van der Waals surface area contributed by atoms with Crippen molar-refractivity contribution in [3.8, 4) is 0 Å². The highest BCUT2D eigenvalue weighted by atomic mass is 28.4. The van der Waals surface area contributed by atoms with Crippen molar-refractivity contribution in [3.05, 3.63) is 154 Å². The molecule has 3 atom stereocenters. The maximum atomic E-state index is 13.3. The summed E-state index contributed by atoms with van der Waals surface area (Å²) in [7, 11) is -5.97. The highest BCUT2D eigenvalue weighted by Crippen LogP contribution is 2.42. The number of aromatic amines is 1. The van der Waals surface area contributed by atoms with E-state index in [0.29, 0.717) is 12.0 Å². The fraction of sp³-hybridized carbons (Fsp3) is 0.333. The van der Waals surface area contributed by atoms with Crippen molar-refractivity contribution < 1.29 is 13.6 Å². The summed E-state index contributed by atoms with van der Waals surface area (Å²) < 4.78 is 23.6. The van der Waals surface area contributed by atoms with Crippen molar-refractivity contribution in [1.29, 1.82) is 0 Å². The van der Waals surface area contributed by atoms with Gasteiger partial charge < -0.3 is 13.6 Å². The Morgan fingerprint density at radius 3 is 1.51 bits per heavy atom. The Labute approximate surface area is 303 Å². The van der Waals surface area contributed by atoms with Crippen LogP contribution in [0.5, 0.6) is 0 Å². The third-order valence-corrected chi connectivity index (χ3v) is 20.3. The van der Waals surface area contributed by atoms with E-state index < -0.39 is 46.3 Å². The fourth-order valence-electron chi connectivity index (χ4n) is 7.83. The van der Waals surface area contributed by atoms with E-state index in [4.69, 9.17) is 13.6 Å². The molecule has 1 aromatic heterocycles. The zero-order valence-corrected chi connectivity index (χ0v) is 32.8. The zero-order chi connectivity index (χ0) is 36.4. The van der Waals surface area contributed by atoms with Gasteiger partial charge in [-0.05, 0) is 37.7 Å².